The SMILES string of the molecule is NC(=NCc1ccccc1Cl)Nc1ccc2c(c1)OCCCO2. The van der Waals surface area contributed by atoms with Crippen LogP contribution in [0.2, 0.25) is 5.02 Å². The van der Waals surface area contributed by atoms with Crippen LogP contribution in [0.1, 0.15) is 12.0 Å². The highest BCUT2D eigenvalue weighted by molar-refractivity contribution is 6.31. The van der Waals surface area contributed by atoms with Crippen molar-refractivity contribution in [2.24, 2.45) is 10.7 Å². The molecule has 5 nitrogen and oxygen atoms in total. The molecule has 1 aliphatic rings. The summed E-state index contributed by atoms with van der Waals surface area (Å²) in [7, 11) is 0. The Hall–Kier alpha value is -2.40. The van der Waals surface area contributed by atoms with Crippen molar-refractivity contribution in [3.63, 3.8) is 0 Å². The van der Waals surface area contributed by atoms with Gasteiger partial charge in [-0.3, -0.25) is 0 Å². The van der Waals surface area contributed by atoms with Crippen molar-refractivity contribution in [3.05, 3.63) is 53.1 Å². The number of nitrogens with two attached hydrogens (primary N) is 1. The topological polar surface area (TPSA) is 68.9 Å². The molecule has 0 unspecified atom stereocenters. The molecule has 0 aliphatic carbocycles. The van der Waals surface area contributed by atoms with E-state index in [1.165, 1.54) is 0 Å². The summed E-state index contributed by atoms with van der Waals surface area (Å²) >= 11 is 6.10. The third kappa shape index (κ3) is 4.07. The molecule has 2 aromatic rings. The van der Waals surface area contributed by atoms with Gasteiger partial charge in [0.25, 0.3) is 0 Å². The highest BCUT2D eigenvalue weighted by atomic mass is 35.5. The predicted molar refractivity (Wildman–Crippen MR) is 92.5 cm³/mol. The van der Waals surface area contributed by atoms with E-state index < -0.39 is 0 Å². The van der Waals surface area contributed by atoms with Crippen molar-refractivity contribution in [1.29, 1.82) is 0 Å². The maximum Gasteiger partial charge on any atom is 0.193 e. The lowest BCUT2D eigenvalue weighted by atomic mass is 10.2. The summed E-state index contributed by atoms with van der Waals surface area (Å²) in [6, 6.07) is 13.2. The smallest absolute Gasteiger partial charge is 0.193 e. The van der Waals surface area contributed by atoms with Crippen LogP contribution in [0.25, 0.3) is 0 Å². The van der Waals surface area contributed by atoms with Crippen molar-refractivity contribution < 1.29 is 9.47 Å². The lowest BCUT2D eigenvalue weighted by molar-refractivity contribution is 0.297. The number of anilines is 1. The van der Waals surface area contributed by atoms with Gasteiger partial charge < -0.3 is 20.5 Å². The fourth-order valence-electron chi connectivity index (χ4n) is 2.23. The van der Waals surface area contributed by atoms with Gasteiger partial charge in [0.2, 0.25) is 0 Å². The zero-order valence-electron chi connectivity index (χ0n) is 12.6. The van der Waals surface area contributed by atoms with Gasteiger partial charge in [-0.2, -0.15) is 0 Å². The molecule has 0 aromatic heterocycles. The summed E-state index contributed by atoms with van der Waals surface area (Å²) in [5.41, 5.74) is 7.66. The Bertz CT molecular complexity index is 719. The number of aliphatic imine (C=N–C) groups is 1. The number of hydrogen-bond donors (Lipinski definition) is 2. The van der Waals surface area contributed by atoms with E-state index in [-0.39, 0.29) is 0 Å². The first-order chi connectivity index (χ1) is 11.2. The minimum Gasteiger partial charge on any atom is -0.490 e. The second kappa shape index (κ2) is 7.24. The highest BCUT2D eigenvalue weighted by Gasteiger charge is 2.10. The number of benzene rings is 2. The zero-order valence-corrected chi connectivity index (χ0v) is 13.3. The Morgan fingerprint density at radius 1 is 1.13 bits per heavy atom. The number of nitrogens with one attached hydrogen (secondary N) is 1. The molecule has 3 rings (SSSR count). The Kier molecular flexibility index (Phi) is 4.88. The third-order valence-electron chi connectivity index (χ3n) is 3.40. The van der Waals surface area contributed by atoms with E-state index in [4.69, 9.17) is 26.8 Å². The van der Waals surface area contributed by atoms with E-state index in [0.717, 1.165) is 23.4 Å². The van der Waals surface area contributed by atoms with Crippen LogP contribution in [-0.4, -0.2) is 19.2 Å². The first-order valence-corrected chi connectivity index (χ1v) is 7.80. The monoisotopic (exact) mass is 331 g/mol. The van der Waals surface area contributed by atoms with Gasteiger partial charge >= 0.3 is 0 Å². The number of rotatable bonds is 3. The molecule has 0 saturated carbocycles. The molecule has 1 heterocycles. The number of hydrogen-bond acceptors (Lipinski definition) is 3. The molecule has 0 fully saturated rings. The van der Waals surface area contributed by atoms with Crippen molar-refractivity contribution in [2.45, 2.75) is 13.0 Å². The van der Waals surface area contributed by atoms with Crippen molar-refractivity contribution in [2.75, 3.05) is 18.5 Å². The Morgan fingerprint density at radius 2 is 1.91 bits per heavy atom. The molecule has 0 amide bonds. The lowest BCUT2D eigenvalue weighted by Gasteiger charge is -2.11. The summed E-state index contributed by atoms with van der Waals surface area (Å²) in [4.78, 5) is 4.31. The zero-order chi connectivity index (χ0) is 16.1. The van der Waals surface area contributed by atoms with Gasteiger partial charge in [-0.1, -0.05) is 29.8 Å². The number of fused-ring (bicyclic) bond motifs is 1. The van der Waals surface area contributed by atoms with Crippen LogP contribution >= 0.6 is 11.6 Å². The Morgan fingerprint density at radius 3 is 2.74 bits per heavy atom. The minimum atomic E-state index is 0.319. The van der Waals surface area contributed by atoms with E-state index in [1.54, 1.807) is 0 Å². The molecule has 0 atom stereocenters. The van der Waals surface area contributed by atoms with Crippen LogP contribution in [0.4, 0.5) is 5.69 Å². The average molecular weight is 332 g/mol. The second-order valence-electron chi connectivity index (χ2n) is 5.13. The quantitative estimate of drug-likeness (QED) is 0.668. The van der Waals surface area contributed by atoms with E-state index in [0.29, 0.717) is 36.5 Å². The van der Waals surface area contributed by atoms with Gasteiger partial charge in [0.15, 0.2) is 17.5 Å². The van der Waals surface area contributed by atoms with Crippen LogP contribution in [0.5, 0.6) is 11.5 Å². The maximum atomic E-state index is 6.10. The molecule has 23 heavy (non-hydrogen) atoms. The van der Waals surface area contributed by atoms with Crippen LogP contribution in [0.3, 0.4) is 0 Å². The average Bonchev–Trinajstić information content (AvgIpc) is 2.79. The van der Waals surface area contributed by atoms with Gasteiger partial charge in [-0.15, -0.1) is 0 Å². The fourth-order valence-corrected chi connectivity index (χ4v) is 2.42. The molecule has 120 valence electrons. The normalized spacial score (nSPS) is 14.2. The van der Waals surface area contributed by atoms with Crippen LogP contribution in [-0.2, 0) is 6.54 Å². The van der Waals surface area contributed by atoms with Crippen LogP contribution < -0.4 is 20.5 Å². The molecule has 0 radical (unpaired) electrons. The van der Waals surface area contributed by atoms with E-state index >= 15 is 0 Å². The summed E-state index contributed by atoms with van der Waals surface area (Å²) in [5.74, 6) is 1.78. The largest absolute Gasteiger partial charge is 0.490 e. The molecule has 0 saturated heterocycles. The summed E-state index contributed by atoms with van der Waals surface area (Å²) in [6.45, 7) is 1.73. The van der Waals surface area contributed by atoms with Gasteiger partial charge in [0.1, 0.15) is 0 Å². The first kappa shape index (κ1) is 15.5. The summed E-state index contributed by atoms with van der Waals surface area (Å²) in [5, 5.41) is 3.73. The van der Waals surface area contributed by atoms with Gasteiger partial charge in [0, 0.05) is 23.2 Å². The highest BCUT2D eigenvalue weighted by Crippen LogP contribution is 2.32. The number of nitrogens with zero attached hydrogens (tertiary/aromatic N) is 1. The molecular formula is C17H18ClN3O2. The van der Waals surface area contributed by atoms with E-state index in [2.05, 4.69) is 10.3 Å². The van der Waals surface area contributed by atoms with Crippen molar-refractivity contribution >= 4 is 23.2 Å². The number of halogens is 1. The standard InChI is InChI=1S/C17H18ClN3O2/c18-14-5-2-1-4-12(14)11-20-17(19)21-13-6-7-15-16(10-13)23-9-3-8-22-15/h1-2,4-7,10H,3,8-9,11H2,(H3,19,20,21). The first-order valence-electron chi connectivity index (χ1n) is 7.42. The second-order valence-corrected chi connectivity index (χ2v) is 5.54. The fraction of sp³-hybridized carbons (Fsp3) is 0.235. The molecular weight excluding hydrogens is 314 g/mol. The van der Waals surface area contributed by atoms with Gasteiger partial charge in [-0.25, -0.2) is 4.99 Å². The van der Waals surface area contributed by atoms with Gasteiger partial charge in [0.05, 0.1) is 19.8 Å². The summed E-state index contributed by atoms with van der Waals surface area (Å²) < 4.78 is 11.3. The van der Waals surface area contributed by atoms with Crippen LogP contribution in [0.15, 0.2) is 47.5 Å². The Labute approximate surface area is 140 Å². The van der Waals surface area contributed by atoms with Crippen molar-refractivity contribution in [3.8, 4) is 11.5 Å². The predicted octanol–water partition coefficient (Wildman–Crippen LogP) is 3.43. The van der Waals surface area contributed by atoms with Crippen molar-refractivity contribution in [1.82, 2.24) is 0 Å². The van der Waals surface area contributed by atoms with E-state index in [1.807, 2.05) is 42.5 Å². The molecule has 2 aromatic carbocycles. The molecule has 6 heteroatoms. The minimum absolute atomic E-state index is 0.319. The molecule has 0 bridgehead atoms. The molecule has 1 aliphatic heterocycles. The number of guanidine groups is 1. The third-order valence-corrected chi connectivity index (χ3v) is 3.77. The summed E-state index contributed by atoms with van der Waals surface area (Å²) in [6.07, 6.45) is 0.874. The lowest BCUT2D eigenvalue weighted by Crippen LogP contribution is -2.22. The molecule has 3 N–H and O–H groups in total. The maximum absolute atomic E-state index is 6.10. The Balaban J connectivity index is 1.68. The van der Waals surface area contributed by atoms with Gasteiger partial charge in [-0.05, 0) is 23.8 Å². The van der Waals surface area contributed by atoms with Crippen LogP contribution in [0, 0.1) is 0 Å². The number of ether oxygens (including phenoxy) is 2. The van der Waals surface area contributed by atoms with E-state index in [9.17, 15) is 0 Å². The molecule has 0 spiro atoms.